The maximum absolute atomic E-state index is 11.6. The highest BCUT2D eigenvalue weighted by Crippen LogP contribution is 2.06. The maximum Gasteiger partial charge on any atom is 0.331 e. The van der Waals surface area contributed by atoms with E-state index < -0.39 is 0 Å². The van der Waals surface area contributed by atoms with Crippen LogP contribution >= 0.6 is 0 Å². The van der Waals surface area contributed by atoms with Gasteiger partial charge in [-0.15, -0.1) is 0 Å². The summed E-state index contributed by atoms with van der Waals surface area (Å²) in [6, 6.07) is 17.6. The van der Waals surface area contributed by atoms with Crippen LogP contribution < -0.4 is 0 Å². The van der Waals surface area contributed by atoms with Gasteiger partial charge in [-0.1, -0.05) is 60.2 Å². The highest BCUT2D eigenvalue weighted by molar-refractivity contribution is 5.87. The molecular formula is C17H16O2. The highest BCUT2D eigenvalue weighted by atomic mass is 16.5. The van der Waals surface area contributed by atoms with Gasteiger partial charge in [0.05, 0.1) is 0 Å². The van der Waals surface area contributed by atoms with E-state index in [2.05, 4.69) is 0 Å². The molecule has 2 aromatic rings. The van der Waals surface area contributed by atoms with Crippen LogP contribution in [0.4, 0.5) is 0 Å². The lowest BCUT2D eigenvalue weighted by Gasteiger charge is -2.01. The Morgan fingerprint density at radius 2 is 1.89 bits per heavy atom. The van der Waals surface area contributed by atoms with Crippen molar-refractivity contribution in [3.05, 3.63) is 77.4 Å². The van der Waals surface area contributed by atoms with Crippen molar-refractivity contribution in [3.63, 3.8) is 0 Å². The molecular weight excluding hydrogens is 236 g/mol. The van der Waals surface area contributed by atoms with Crippen molar-refractivity contribution in [2.45, 2.75) is 13.5 Å². The predicted octanol–water partition coefficient (Wildman–Crippen LogP) is 3.75. The van der Waals surface area contributed by atoms with Gasteiger partial charge >= 0.3 is 5.97 Å². The zero-order valence-electron chi connectivity index (χ0n) is 10.9. The Balaban J connectivity index is 1.88. The fourth-order valence-electron chi connectivity index (χ4n) is 1.71. The molecule has 0 saturated heterocycles. The van der Waals surface area contributed by atoms with Crippen LogP contribution in [0.25, 0.3) is 6.08 Å². The van der Waals surface area contributed by atoms with Crippen molar-refractivity contribution in [2.24, 2.45) is 0 Å². The fraction of sp³-hybridized carbons (Fsp3) is 0.118. The summed E-state index contributed by atoms with van der Waals surface area (Å²) in [7, 11) is 0. The van der Waals surface area contributed by atoms with E-state index in [0.29, 0.717) is 6.61 Å². The molecule has 2 heteroatoms. The topological polar surface area (TPSA) is 26.3 Å². The minimum absolute atomic E-state index is 0.303. The number of hydrogen-bond acceptors (Lipinski definition) is 2. The summed E-state index contributed by atoms with van der Waals surface area (Å²) in [5, 5.41) is 0. The van der Waals surface area contributed by atoms with Crippen LogP contribution in [0.1, 0.15) is 16.7 Å². The average molecular weight is 252 g/mol. The van der Waals surface area contributed by atoms with Gasteiger partial charge < -0.3 is 4.74 Å². The van der Waals surface area contributed by atoms with Crippen LogP contribution in [-0.2, 0) is 16.1 Å². The molecule has 96 valence electrons. The molecule has 0 N–H and O–H groups in total. The van der Waals surface area contributed by atoms with Crippen molar-refractivity contribution in [2.75, 3.05) is 0 Å². The molecule has 0 unspecified atom stereocenters. The third-order valence-corrected chi connectivity index (χ3v) is 2.68. The Hall–Kier alpha value is -2.35. The van der Waals surface area contributed by atoms with Crippen LogP contribution in [-0.4, -0.2) is 5.97 Å². The molecule has 0 bridgehead atoms. The second kappa shape index (κ2) is 6.55. The van der Waals surface area contributed by atoms with E-state index in [9.17, 15) is 4.79 Å². The summed E-state index contributed by atoms with van der Waals surface area (Å²) >= 11 is 0. The number of ether oxygens (including phenoxy) is 1. The Labute approximate surface area is 113 Å². The lowest BCUT2D eigenvalue weighted by molar-refractivity contribution is -0.138. The molecule has 19 heavy (non-hydrogen) atoms. The first-order valence-corrected chi connectivity index (χ1v) is 6.19. The van der Waals surface area contributed by atoms with Gasteiger partial charge in [-0.05, 0) is 24.1 Å². The molecule has 0 aliphatic rings. The molecule has 0 radical (unpaired) electrons. The molecule has 0 aromatic heterocycles. The molecule has 2 aromatic carbocycles. The van der Waals surface area contributed by atoms with E-state index in [0.717, 1.165) is 11.1 Å². The van der Waals surface area contributed by atoms with Crippen LogP contribution in [0.2, 0.25) is 0 Å². The summed E-state index contributed by atoms with van der Waals surface area (Å²) < 4.78 is 5.15. The molecule has 0 aliphatic carbocycles. The molecule has 0 heterocycles. The van der Waals surface area contributed by atoms with Crippen molar-refractivity contribution < 1.29 is 9.53 Å². The summed E-state index contributed by atoms with van der Waals surface area (Å²) in [6.07, 6.45) is 3.22. The molecule has 0 amide bonds. The molecule has 2 rings (SSSR count). The van der Waals surface area contributed by atoms with E-state index in [1.165, 1.54) is 11.6 Å². The Kier molecular flexibility index (Phi) is 4.51. The Morgan fingerprint density at radius 3 is 2.63 bits per heavy atom. The molecule has 0 fully saturated rings. The van der Waals surface area contributed by atoms with Gasteiger partial charge in [-0.2, -0.15) is 0 Å². The van der Waals surface area contributed by atoms with E-state index in [4.69, 9.17) is 4.74 Å². The summed E-state index contributed by atoms with van der Waals surface area (Å²) in [4.78, 5) is 11.6. The van der Waals surface area contributed by atoms with Gasteiger partial charge in [0, 0.05) is 6.08 Å². The number of rotatable bonds is 4. The summed E-state index contributed by atoms with van der Waals surface area (Å²) in [5.74, 6) is -0.328. The standard InChI is InChI=1S/C17H16O2/c1-14-6-5-9-15(12-14)10-11-17(18)19-13-16-7-3-2-4-8-16/h2-12H,13H2,1H3. The highest BCUT2D eigenvalue weighted by Gasteiger charge is 1.98. The molecule has 2 nitrogen and oxygen atoms in total. The third-order valence-electron chi connectivity index (χ3n) is 2.68. The third kappa shape index (κ3) is 4.43. The largest absolute Gasteiger partial charge is 0.458 e. The Morgan fingerprint density at radius 1 is 1.11 bits per heavy atom. The zero-order chi connectivity index (χ0) is 13.5. The number of benzene rings is 2. The molecule has 0 aliphatic heterocycles. The van der Waals surface area contributed by atoms with Gasteiger partial charge in [-0.3, -0.25) is 0 Å². The SMILES string of the molecule is Cc1cccc(C=CC(=O)OCc2ccccc2)c1. The monoisotopic (exact) mass is 252 g/mol. The van der Waals surface area contributed by atoms with E-state index >= 15 is 0 Å². The van der Waals surface area contributed by atoms with Crippen molar-refractivity contribution >= 4 is 12.0 Å². The van der Waals surface area contributed by atoms with Gasteiger partial charge in [0.15, 0.2) is 0 Å². The lowest BCUT2D eigenvalue weighted by Crippen LogP contribution is -2.00. The number of carbonyl (C=O) groups is 1. The van der Waals surface area contributed by atoms with Crippen LogP contribution in [0.15, 0.2) is 60.7 Å². The summed E-state index contributed by atoms with van der Waals surface area (Å²) in [5.41, 5.74) is 3.15. The van der Waals surface area contributed by atoms with E-state index in [-0.39, 0.29) is 5.97 Å². The molecule has 0 atom stereocenters. The number of carbonyl (C=O) groups excluding carboxylic acids is 1. The second-order valence-corrected chi connectivity index (χ2v) is 4.34. The van der Waals surface area contributed by atoms with Crippen LogP contribution in [0, 0.1) is 6.92 Å². The normalized spacial score (nSPS) is 10.6. The van der Waals surface area contributed by atoms with E-state index in [1.54, 1.807) is 6.08 Å². The number of aryl methyl sites for hydroxylation is 1. The van der Waals surface area contributed by atoms with Crippen molar-refractivity contribution in [1.82, 2.24) is 0 Å². The van der Waals surface area contributed by atoms with Gasteiger partial charge in [0.2, 0.25) is 0 Å². The Bertz CT molecular complexity index is 571. The number of hydrogen-bond donors (Lipinski definition) is 0. The van der Waals surface area contributed by atoms with E-state index in [1.807, 2.05) is 61.5 Å². The van der Waals surface area contributed by atoms with Crippen LogP contribution in [0.3, 0.4) is 0 Å². The molecule has 0 saturated carbocycles. The quantitative estimate of drug-likeness (QED) is 0.612. The number of esters is 1. The van der Waals surface area contributed by atoms with Gasteiger partial charge in [0.25, 0.3) is 0 Å². The van der Waals surface area contributed by atoms with Crippen molar-refractivity contribution in [3.8, 4) is 0 Å². The first-order chi connectivity index (χ1) is 9.24. The minimum atomic E-state index is -0.328. The fourth-order valence-corrected chi connectivity index (χ4v) is 1.71. The summed E-state index contributed by atoms with van der Waals surface area (Å²) in [6.45, 7) is 2.32. The van der Waals surface area contributed by atoms with Gasteiger partial charge in [-0.25, -0.2) is 4.79 Å². The smallest absolute Gasteiger partial charge is 0.331 e. The second-order valence-electron chi connectivity index (χ2n) is 4.34. The minimum Gasteiger partial charge on any atom is -0.458 e. The predicted molar refractivity (Wildman–Crippen MR) is 76.5 cm³/mol. The van der Waals surface area contributed by atoms with Crippen LogP contribution in [0.5, 0.6) is 0 Å². The maximum atomic E-state index is 11.6. The van der Waals surface area contributed by atoms with Gasteiger partial charge in [0.1, 0.15) is 6.61 Å². The first kappa shape index (κ1) is 13.1. The van der Waals surface area contributed by atoms with Crippen molar-refractivity contribution in [1.29, 1.82) is 0 Å². The lowest BCUT2D eigenvalue weighted by atomic mass is 10.1. The average Bonchev–Trinajstić information content (AvgIpc) is 2.44. The first-order valence-electron chi connectivity index (χ1n) is 6.19. The molecule has 0 spiro atoms. The zero-order valence-corrected chi connectivity index (χ0v) is 10.9.